The zero-order chi connectivity index (χ0) is 16.9. The van der Waals surface area contributed by atoms with Gasteiger partial charge in [0.2, 0.25) is 5.91 Å². The van der Waals surface area contributed by atoms with Gasteiger partial charge < -0.3 is 9.47 Å². The number of carbonyl (C=O) groups is 1. The van der Waals surface area contributed by atoms with Crippen LogP contribution in [0.4, 0.5) is 5.69 Å². The molecule has 0 N–H and O–H groups in total. The molecule has 1 aliphatic carbocycles. The first kappa shape index (κ1) is 17.1. The van der Waals surface area contributed by atoms with Crippen LogP contribution in [0.15, 0.2) is 23.2 Å². The van der Waals surface area contributed by atoms with Crippen LogP contribution in [0.2, 0.25) is 0 Å². The molecule has 1 saturated heterocycles. The predicted octanol–water partition coefficient (Wildman–Crippen LogP) is 3.85. The number of hydrogen-bond donors (Lipinski definition) is 0. The fourth-order valence-electron chi connectivity index (χ4n) is 3.24. The van der Waals surface area contributed by atoms with Crippen molar-refractivity contribution < 1.29 is 14.3 Å². The molecule has 1 heterocycles. The number of benzene rings is 1. The van der Waals surface area contributed by atoms with Crippen LogP contribution >= 0.6 is 11.8 Å². The van der Waals surface area contributed by atoms with E-state index in [1.165, 1.54) is 0 Å². The van der Waals surface area contributed by atoms with Gasteiger partial charge in [0.05, 0.1) is 14.2 Å². The van der Waals surface area contributed by atoms with E-state index >= 15 is 0 Å². The van der Waals surface area contributed by atoms with Gasteiger partial charge in [0.1, 0.15) is 17.2 Å². The molecule has 0 spiro atoms. The van der Waals surface area contributed by atoms with Crippen molar-refractivity contribution in [3.63, 3.8) is 0 Å². The summed E-state index contributed by atoms with van der Waals surface area (Å²) in [7, 11) is 3.25. The Labute approximate surface area is 147 Å². The molecule has 1 aromatic carbocycles. The van der Waals surface area contributed by atoms with Crippen LogP contribution in [-0.2, 0) is 4.79 Å². The number of carbonyl (C=O) groups excluding carboxylic acids is 1. The summed E-state index contributed by atoms with van der Waals surface area (Å²) in [5.41, 5.74) is 0.700. The second-order valence-electron chi connectivity index (χ2n) is 6.11. The SMILES string of the molecule is COc1ccc(OC)c(N=C2SCCCN2C(=O)C2CCCC2)c1. The van der Waals surface area contributed by atoms with Gasteiger partial charge in [-0.25, -0.2) is 4.99 Å². The first-order valence-corrected chi connectivity index (χ1v) is 9.46. The first-order chi connectivity index (χ1) is 11.7. The van der Waals surface area contributed by atoms with Gasteiger partial charge in [-0.1, -0.05) is 24.6 Å². The van der Waals surface area contributed by atoms with Gasteiger partial charge in [0.15, 0.2) is 5.17 Å². The molecule has 1 aliphatic heterocycles. The monoisotopic (exact) mass is 348 g/mol. The maximum Gasteiger partial charge on any atom is 0.231 e. The lowest BCUT2D eigenvalue weighted by molar-refractivity contribution is -0.131. The molecule has 2 fully saturated rings. The maximum atomic E-state index is 12.9. The summed E-state index contributed by atoms with van der Waals surface area (Å²) >= 11 is 1.64. The quantitative estimate of drug-likeness (QED) is 0.829. The number of ether oxygens (including phenoxy) is 2. The molecular formula is C18H24N2O3S. The molecule has 0 atom stereocenters. The first-order valence-electron chi connectivity index (χ1n) is 8.48. The van der Waals surface area contributed by atoms with Crippen molar-refractivity contribution in [2.45, 2.75) is 32.1 Å². The van der Waals surface area contributed by atoms with Gasteiger partial charge in [0, 0.05) is 24.3 Å². The Kier molecular flexibility index (Phi) is 5.66. The third-order valence-corrected chi connectivity index (χ3v) is 5.62. The smallest absolute Gasteiger partial charge is 0.231 e. The molecule has 0 radical (unpaired) electrons. The summed E-state index contributed by atoms with van der Waals surface area (Å²) in [5.74, 6) is 2.80. The van der Waals surface area contributed by atoms with Crippen molar-refractivity contribution in [3.05, 3.63) is 18.2 Å². The van der Waals surface area contributed by atoms with E-state index in [4.69, 9.17) is 14.5 Å². The Morgan fingerprint density at radius 3 is 2.71 bits per heavy atom. The lowest BCUT2D eigenvalue weighted by atomic mass is 10.1. The Hall–Kier alpha value is -1.69. The summed E-state index contributed by atoms with van der Waals surface area (Å²) in [4.78, 5) is 19.5. The summed E-state index contributed by atoms with van der Waals surface area (Å²) in [6.45, 7) is 0.757. The second-order valence-corrected chi connectivity index (χ2v) is 7.17. The maximum absolute atomic E-state index is 12.9. The van der Waals surface area contributed by atoms with Crippen LogP contribution in [0.25, 0.3) is 0 Å². The summed E-state index contributed by atoms with van der Waals surface area (Å²) < 4.78 is 10.7. The Balaban J connectivity index is 1.89. The number of nitrogens with zero attached hydrogens (tertiary/aromatic N) is 2. The van der Waals surface area contributed by atoms with Crippen molar-refractivity contribution in [2.75, 3.05) is 26.5 Å². The van der Waals surface area contributed by atoms with E-state index in [9.17, 15) is 4.79 Å². The van der Waals surface area contributed by atoms with E-state index in [1.54, 1.807) is 26.0 Å². The van der Waals surface area contributed by atoms with Gasteiger partial charge in [-0.15, -0.1) is 0 Å². The summed E-state index contributed by atoms with van der Waals surface area (Å²) in [6.07, 6.45) is 5.35. The number of thioether (sulfide) groups is 1. The minimum Gasteiger partial charge on any atom is -0.497 e. The fourth-order valence-corrected chi connectivity index (χ4v) is 4.19. The standard InChI is InChI=1S/C18H24N2O3S/c1-22-14-8-9-16(23-2)15(12-14)19-18-20(10-5-11-24-18)17(21)13-6-3-4-7-13/h8-9,12-13H,3-7,10-11H2,1-2H3. The average molecular weight is 348 g/mol. The van der Waals surface area contributed by atoms with Crippen molar-refractivity contribution in [1.29, 1.82) is 0 Å². The highest BCUT2D eigenvalue weighted by molar-refractivity contribution is 8.13. The van der Waals surface area contributed by atoms with E-state index in [-0.39, 0.29) is 11.8 Å². The number of rotatable bonds is 4. The Bertz CT molecular complexity index is 627. The Morgan fingerprint density at radius 2 is 2.00 bits per heavy atom. The summed E-state index contributed by atoms with van der Waals surface area (Å²) in [5, 5.41) is 0.782. The highest BCUT2D eigenvalue weighted by Gasteiger charge is 2.31. The van der Waals surface area contributed by atoms with E-state index in [0.29, 0.717) is 11.4 Å². The lowest BCUT2D eigenvalue weighted by Gasteiger charge is -2.30. The minimum atomic E-state index is 0.168. The lowest BCUT2D eigenvalue weighted by Crippen LogP contribution is -2.42. The van der Waals surface area contributed by atoms with Crippen LogP contribution in [0, 0.1) is 5.92 Å². The largest absolute Gasteiger partial charge is 0.497 e. The van der Waals surface area contributed by atoms with Crippen LogP contribution in [0.1, 0.15) is 32.1 Å². The molecule has 0 bridgehead atoms. The second kappa shape index (κ2) is 7.92. The number of amides is 1. The molecule has 1 amide bonds. The molecule has 0 aromatic heterocycles. The molecule has 1 saturated carbocycles. The van der Waals surface area contributed by atoms with Gasteiger partial charge >= 0.3 is 0 Å². The topological polar surface area (TPSA) is 51.1 Å². The van der Waals surface area contributed by atoms with Crippen molar-refractivity contribution in [1.82, 2.24) is 4.90 Å². The predicted molar refractivity (Wildman–Crippen MR) is 97.4 cm³/mol. The highest BCUT2D eigenvalue weighted by Crippen LogP contribution is 2.35. The van der Waals surface area contributed by atoms with Crippen LogP contribution in [0.5, 0.6) is 11.5 Å². The third-order valence-electron chi connectivity index (χ3n) is 4.56. The van der Waals surface area contributed by atoms with Crippen LogP contribution in [0.3, 0.4) is 0 Å². The number of hydrogen-bond acceptors (Lipinski definition) is 5. The fraction of sp³-hybridized carbons (Fsp3) is 0.556. The highest BCUT2D eigenvalue weighted by atomic mass is 32.2. The molecule has 24 heavy (non-hydrogen) atoms. The molecule has 5 nitrogen and oxygen atoms in total. The Morgan fingerprint density at radius 1 is 1.21 bits per heavy atom. The molecule has 130 valence electrons. The van der Waals surface area contributed by atoms with E-state index in [2.05, 4.69) is 0 Å². The minimum absolute atomic E-state index is 0.168. The average Bonchev–Trinajstić information content (AvgIpc) is 3.16. The molecule has 3 rings (SSSR count). The van der Waals surface area contributed by atoms with E-state index in [0.717, 1.165) is 55.3 Å². The zero-order valence-corrected chi connectivity index (χ0v) is 15.1. The van der Waals surface area contributed by atoms with Gasteiger partial charge in [-0.05, 0) is 31.4 Å². The molecule has 6 heteroatoms. The van der Waals surface area contributed by atoms with Crippen molar-refractivity contribution in [2.24, 2.45) is 10.9 Å². The van der Waals surface area contributed by atoms with Gasteiger partial charge in [0.25, 0.3) is 0 Å². The summed E-state index contributed by atoms with van der Waals surface area (Å²) in [6, 6.07) is 5.53. The molecular weight excluding hydrogens is 324 g/mol. The van der Waals surface area contributed by atoms with Gasteiger partial charge in [-0.2, -0.15) is 0 Å². The third kappa shape index (κ3) is 3.69. The van der Waals surface area contributed by atoms with Gasteiger partial charge in [-0.3, -0.25) is 9.69 Å². The number of methoxy groups -OCH3 is 2. The van der Waals surface area contributed by atoms with Crippen LogP contribution in [-0.4, -0.2) is 42.5 Å². The zero-order valence-electron chi connectivity index (χ0n) is 14.3. The van der Waals surface area contributed by atoms with Crippen LogP contribution < -0.4 is 9.47 Å². The molecule has 1 aromatic rings. The molecule has 2 aliphatic rings. The van der Waals surface area contributed by atoms with E-state index in [1.807, 2.05) is 23.1 Å². The van der Waals surface area contributed by atoms with E-state index < -0.39 is 0 Å². The number of amidine groups is 1. The normalized spacial score (nSPS) is 20.4. The van der Waals surface area contributed by atoms with Crippen molar-refractivity contribution >= 4 is 28.5 Å². The van der Waals surface area contributed by atoms with Crippen molar-refractivity contribution in [3.8, 4) is 11.5 Å². The molecule has 0 unspecified atom stereocenters. The number of aliphatic imine (C=N–C) groups is 1.